The van der Waals surface area contributed by atoms with Crippen LogP contribution in [-0.2, 0) is 10.0 Å². The quantitative estimate of drug-likeness (QED) is 0.828. The highest BCUT2D eigenvalue weighted by Gasteiger charge is 2.32. The first-order valence-corrected chi connectivity index (χ1v) is 10.7. The van der Waals surface area contributed by atoms with Gasteiger partial charge < -0.3 is 4.90 Å². The molecule has 2 fully saturated rings. The molecular formula is C19H28N2O3S. The predicted octanol–water partition coefficient (Wildman–Crippen LogP) is 2.98. The van der Waals surface area contributed by atoms with E-state index in [1.807, 2.05) is 4.90 Å². The second-order valence-electron chi connectivity index (χ2n) is 7.65. The van der Waals surface area contributed by atoms with Crippen LogP contribution in [0.4, 0.5) is 0 Å². The molecule has 1 amide bonds. The summed E-state index contributed by atoms with van der Waals surface area (Å²) in [5, 5.41) is 0. The number of hydrogen-bond donors (Lipinski definition) is 0. The first-order chi connectivity index (χ1) is 11.9. The average molecular weight is 365 g/mol. The number of rotatable bonds is 3. The number of carbonyl (C=O) groups is 1. The van der Waals surface area contributed by atoms with E-state index >= 15 is 0 Å². The normalized spacial score (nSPS) is 25.8. The molecule has 2 aliphatic rings. The van der Waals surface area contributed by atoms with Crippen molar-refractivity contribution < 1.29 is 13.2 Å². The molecule has 6 heteroatoms. The molecule has 0 aromatic heterocycles. The summed E-state index contributed by atoms with van der Waals surface area (Å²) in [6, 6.07) is 6.56. The van der Waals surface area contributed by atoms with Gasteiger partial charge in [0.15, 0.2) is 0 Å². The lowest BCUT2D eigenvalue weighted by atomic mass is 9.94. The molecule has 2 saturated heterocycles. The summed E-state index contributed by atoms with van der Waals surface area (Å²) in [5.41, 5.74) is 0.473. The van der Waals surface area contributed by atoms with Crippen molar-refractivity contribution in [3.63, 3.8) is 0 Å². The SMILES string of the molecule is CC1CC(C)CN(S(=O)(=O)c2cccc(C(=O)N3CCCCC3)c2)C1. The van der Waals surface area contributed by atoms with Gasteiger partial charge in [-0.05, 0) is 55.7 Å². The summed E-state index contributed by atoms with van der Waals surface area (Å²) >= 11 is 0. The van der Waals surface area contributed by atoms with E-state index in [2.05, 4.69) is 13.8 Å². The number of hydrogen-bond acceptors (Lipinski definition) is 3. The third-order valence-electron chi connectivity index (χ3n) is 5.20. The molecule has 0 bridgehead atoms. The van der Waals surface area contributed by atoms with E-state index in [9.17, 15) is 13.2 Å². The highest BCUT2D eigenvalue weighted by molar-refractivity contribution is 7.89. The van der Waals surface area contributed by atoms with Crippen LogP contribution in [0.15, 0.2) is 29.2 Å². The van der Waals surface area contributed by atoms with E-state index in [-0.39, 0.29) is 10.8 Å². The minimum Gasteiger partial charge on any atom is -0.339 e. The number of benzene rings is 1. The molecule has 2 aliphatic heterocycles. The second-order valence-corrected chi connectivity index (χ2v) is 9.59. The van der Waals surface area contributed by atoms with Crippen LogP contribution < -0.4 is 0 Å². The van der Waals surface area contributed by atoms with Gasteiger partial charge in [0.2, 0.25) is 10.0 Å². The van der Waals surface area contributed by atoms with Crippen LogP contribution in [0.1, 0.15) is 49.9 Å². The Labute approximate surface area is 151 Å². The standard InChI is InChI=1S/C19H28N2O3S/c1-15-11-16(2)14-21(13-15)25(23,24)18-8-6-7-17(12-18)19(22)20-9-4-3-5-10-20/h6-8,12,15-16H,3-5,9-11,13-14H2,1-2H3. The fourth-order valence-electron chi connectivity index (χ4n) is 4.02. The fraction of sp³-hybridized carbons (Fsp3) is 0.632. The van der Waals surface area contributed by atoms with Crippen LogP contribution >= 0.6 is 0 Å². The van der Waals surface area contributed by atoms with Crippen molar-refractivity contribution in [2.75, 3.05) is 26.2 Å². The van der Waals surface area contributed by atoms with Gasteiger partial charge in [-0.25, -0.2) is 8.42 Å². The lowest BCUT2D eigenvalue weighted by Gasteiger charge is -2.34. The zero-order chi connectivity index (χ0) is 18.0. The Balaban J connectivity index is 1.83. The van der Waals surface area contributed by atoms with Crippen molar-refractivity contribution in [2.24, 2.45) is 11.8 Å². The lowest BCUT2D eigenvalue weighted by molar-refractivity contribution is 0.0724. The minimum atomic E-state index is -3.55. The number of likely N-dealkylation sites (tertiary alicyclic amines) is 1. The number of amides is 1. The van der Waals surface area contributed by atoms with E-state index in [4.69, 9.17) is 0 Å². The lowest BCUT2D eigenvalue weighted by Crippen LogP contribution is -2.42. The van der Waals surface area contributed by atoms with Crippen molar-refractivity contribution in [1.29, 1.82) is 0 Å². The molecule has 0 spiro atoms. The van der Waals surface area contributed by atoms with Crippen molar-refractivity contribution >= 4 is 15.9 Å². The Morgan fingerprint density at radius 1 is 1.04 bits per heavy atom. The van der Waals surface area contributed by atoms with Gasteiger partial charge in [0, 0.05) is 31.7 Å². The predicted molar refractivity (Wildman–Crippen MR) is 97.9 cm³/mol. The average Bonchev–Trinajstić information content (AvgIpc) is 2.61. The Bertz CT molecular complexity index is 716. The highest BCUT2D eigenvalue weighted by Crippen LogP contribution is 2.27. The van der Waals surface area contributed by atoms with Gasteiger partial charge in [0.05, 0.1) is 4.90 Å². The third kappa shape index (κ3) is 4.06. The molecule has 138 valence electrons. The summed E-state index contributed by atoms with van der Waals surface area (Å²) in [5.74, 6) is 0.658. The van der Waals surface area contributed by atoms with E-state index in [1.54, 1.807) is 28.6 Å². The number of sulfonamides is 1. The summed E-state index contributed by atoms with van der Waals surface area (Å²) in [4.78, 5) is 14.7. The van der Waals surface area contributed by atoms with Gasteiger partial charge in [-0.15, -0.1) is 0 Å². The maximum absolute atomic E-state index is 13.0. The van der Waals surface area contributed by atoms with E-state index < -0.39 is 10.0 Å². The Morgan fingerprint density at radius 2 is 1.68 bits per heavy atom. The van der Waals surface area contributed by atoms with Gasteiger partial charge >= 0.3 is 0 Å². The molecule has 0 saturated carbocycles. The van der Waals surface area contributed by atoms with Crippen LogP contribution in [0.25, 0.3) is 0 Å². The molecule has 1 aromatic carbocycles. The zero-order valence-electron chi connectivity index (χ0n) is 15.1. The summed E-state index contributed by atoms with van der Waals surface area (Å²) in [7, 11) is -3.55. The Morgan fingerprint density at radius 3 is 2.32 bits per heavy atom. The molecule has 0 radical (unpaired) electrons. The number of carbonyl (C=O) groups excluding carboxylic acids is 1. The summed E-state index contributed by atoms with van der Waals surface area (Å²) in [6.07, 6.45) is 4.25. The van der Waals surface area contributed by atoms with Crippen LogP contribution in [0.3, 0.4) is 0 Å². The van der Waals surface area contributed by atoms with Crippen molar-refractivity contribution in [3.05, 3.63) is 29.8 Å². The summed E-state index contributed by atoms with van der Waals surface area (Å²) in [6.45, 7) is 6.81. The van der Waals surface area contributed by atoms with Gasteiger partial charge in [0.25, 0.3) is 5.91 Å². The topological polar surface area (TPSA) is 57.7 Å². The van der Waals surface area contributed by atoms with Crippen LogP contribution in [0.5, 0.6) is 0 Å². The Kier molecular flexibility index (Phi) is 5.49. The molecule has 1 aromatic rings. The zero-order valence-corrected chi connectivity index (χ0v) is 16.0. The second kappa shape index (κ2) is 7.46. The molecule has 0 aliphatic carbocycles. The molecule has 2 unspecified atom stereocenters. The van der Waals surface area contributed by atoms with Crippen molar-refractivity contribution in [3.8, 4) is 0 Å². The van der Waals surface area contributed by atoms with E-state index in [0.717, 1.165) is 38.8 Å². The van der Waals surface area contributed by atoms with Crippen molar-refractivity contribution in [2.45, 2.75) is 44.4 Å². The molecular weight excluding hydrogens is 336 g/mol. The van der Waals surface area contributed by atoms with Crippen LogP contribution in [0, 0.1) is 11.8 Å². The Hall–Kier alpha value is -1.40. The number of nitrogens with zero attached hydrogens (tertiary/aromatic N) is 2. The first kappa shape index (κ1) is 18.4. The van der Waals surface area contributed by atoms with Gasteiger partial charge in [-0.1, -0.05) is 19.9 Å². The monoisotopic (exact) mass is 364 g/mol. The van der Waals surface area contributed by atoms with Gasteiger partial charge in [-0.3, -0.25) is 4.79 Å². The molecule has 25 heavy (non-hydrogen) atoms. The smallest absolute Gasteiger partial charge is 0.253 e. The van der Waals surface area contributed by atoms with Gasteiger partial charge in [0.1, 0.15) is 0 Å². The number of piperidine rings is 2. The third-order valence-corrected chi connectivity index (χ3v) is 7.03. The van der Waals surface area contributed by atoms with E-state index in [0.29, 0.717) is 30.5 Å². The fourth-order valence-corrected chi connectivity index (χ4v) is 5.75. The molecule has 3 rings (SSSR count). The maximum Gasteiger partial charge on any atom is 0.253 e. The summed E-state index contributed by atoms with van der Waals surface area (Å²) < 4.78 is 27.6. The van der Waals surface area contributed by atoms with Crippen LogP contribution in [-0.4, -0.2) is 49.7 Å². The molecule has 0 N–H and O–H groups in total. The largest absolute Gasteiger partial charge is 0.339 e. The van der Waals surface area contributed by atoms with Gasteiger partial charge in [-0.2, -0.15) is 4.31 Å². The molecule has 2 atom stereocenters. The van der Waals surface area contributed by atoms with Crippen LogP contribution in [0.2, 0.25) is 0 Å². The maximum atomic E-state index is 13.0. The van der Waals surface area contributed by atoms with E-state index in [1.165, 1.54) is 0 Å². The minimum absolute atomic E-state index is 0.0582. The first-order valence-electron chi connectivity index (χ1n) is 9.27. The molecule has 2 heterocycles. The molecule has 5 nitrogen and oxygen atoms in total. The highest BCUT2D eigenvalue weighted by atomic mass is 32.2. The van der Waals surface area contributed by atoms with Crippen molar-refractivity contribution in [1.82, 2.24) is 9.21 Å².